The lowest BCUT2D eigenvalue weighted by Gasteiger charge is -2.34. The van der Waals surface area contributed by atoms with Crippen LogP contribution in [-0.4, -0.2) is 26.0 Å². The van der Waals surface area contributed by atoms with Crippen molar-refractivity contribution in [3.05, 3.63) is 18.5 Å². The van der Waals surface area contributed by atoms with E-state index in [1.165, 1.54) is 6.20 Å². The summed E-state index contributed by atoms with van der Waals surface area (Å²) in [5, 5.41) is 3.07. The van der Waals surface area contributed by atoms with E-state index >= 15 is 0 Å². The first kappa shape index (κ1) is 16.2. The molecule has 1 aliphatic rings. The quantitative estimate of drug-likeness (QED) is 0.877. The van der Waals surface area contributed by atoms with Crippen molar-refractivity contribution in [3.63, 3.8) is 0 Å². The van der Waals surface area contributed by atoms with Crippen LogP contribution in [0, 0.1) is 5.41 Å². The zero-order valence-corrected chi connectivity index (χ0v) is 13.8. The van der Waals surface area contributed by atoms with Crippen molar-refractivity contribution in [2.75, 3.05) is 11.9 Å². The molecule has 0 bridgehead atoms. The topological polar surface area (TPSA) is 71.1 Å². The highest BCUT2D eigenvalue weighted by molar-refractivity contribution is 7.89. The molecule has 0 unspecified atom stereocenters. The highest BCUT2D eigenvalue weighted by Gasteiger charge is 2.30. The van der Waals surface area contributed by atoms with Gasteiger partial charge in [-0.2, -0.15) is 0 Å². The number of nitrogens with one attached hydrogen (secondary N) is 2. The summed E-state index contributed by atoms with van der Waals surface area (Å²) >= 11 is 0. The molecule has 1 aromatic heterocycles. The Morgan fingerprint density at radius 2 is 2.00 bits per heavy atom. The summed E-state index contributed by atoms with van der Waals surface area (Å²) < 4.78 is 28.0. The summed E-state index contributed by atoms with van der Waals surface area (Å²) in [6.07, 6.45) is 6.89. The number of sulfonamides is 1. The van der Waals surface area contributed by atoms with Gasteiger partial charge < -0.3 is 5.32 Å². The molecule has 0 spiro atoms. The van der Waals surface area contributed by atoms with Crippen LogP contribution in [0.4, 0.5) is 5.69 Å². The largest absolute Gasteiger partial charge is 0.384 e. The molecule has 6 heteroatoms. The summed E-state index contributed by atoms with van der Waals surface area (Å²) in [4.78, 5) is 4.18. The number of anilines is 1. The molecule has 1 aliphatic carbocycles. The highest BCUT2D eigenvalue weighted by atomic mass is 32.2. The zero-order valence-electron chi connectivity index (χ0n) is 13.0. The van der Waals surface area contributed by atoms with Crippen LogP contribution in [-0.2, 0) is 10.0 Å². The van der Waals surface area contributed by atoms with Crippen molar-refractivity contribution >= 4 is 15.7 Å². The summed E-state index contributed by atoms with van der Waals surface area (Å²) in [6.45, 7) is 7.09. The summed E-state index contributed by atoms with van der Waals surface area (Å²) in [6, 6.07) is 1.72. The number of hydrogen-bond donors (Lipinski definition) is 2. The minimum absolute atomic E-state index is 0.0257. The van der Waals surface area contributed by atoms with Gasteiger partial charge >= 0.3 is 0 Å². The molecular weight excluding hydrogens is 286 g/mol. The fraction of sp³-hybridized carbons (Fsp3) is 0.667. The molecule has 0 radical (unpaired) electrons. The molecule has 5 nitrogen and oxygen atoms in total. The number of nitrogens with zero attached hydrogens (tertiary/aromatic N) is 1. The van der Waals surface area contributed by atoms with Gasteiger partial charge in [-0.15, -0.1) is 0 Å². The lowest BCUT2D eigenvalue weighted by Crippen LogP contribution is -2.39. The van der Waals surface area contributed by atoms with Crippen LogP contribution in [0.15, 0.2) is 23.4 Å². The molecule has 0 amide bonds. The fourth-order valence-corrected chi connectivity index (χ4v) is 4.16. The maximum atomic E-state index is 12.6. The highest BCUT2D eigenvalue weighted by Crippen LogP contribution is 2.35. The van der Waals surface area contributed by atoms with Crippen LogP contribution in [0.25, 0.3) is 0 Å². The van der Waals surface area contributed by atoms with Crippen molar-refractivity contribution < 1.29 is 8.42 Å². The Morgan fingerprint density at radius 1 is 1.33 bits per heavy atom. The molecule has 118 valence electrons. The molecule has 0 atom stereocenters. The molecular formula is C15H25N3O2S. The van der Waals surface area contributed by atoms with E-state index < -0.39 is 10.0 Å². The summed E-state index contributed by atoms with van der Waals surface area (Å²) in [7, 11) is -3.53. The van der Waals surface area contributed by atoms with Crippen molar-refractivity contribution in [3.8, 4) is 0 Å². The van der Waals surface area contributed by atoms with Gasteiger partial charge in [0.2, 0.25) is 10.0 Å². The molecule has 2 N–H and O–H groups in total. The third-order valence-corrected chi connectivity index (χ3v) is 5.65. The molecule has 0 saturated heterocycles. The van der Waals surface area contributed by atoms with Crippen LogP contribution in [0.3, 0.4) is 0 Å². The van der Waals surface area contributed by atoms with Gasteiger partial charge in [0.15, 0.2) is 0 Å². The second-order valence-corrected chi connectivity index (χ2v) is 8.14. The molecule has 1 fully saturated rings. The standard InChI is InChI=1S/C15H25N3O2S/c1-4-17-13-7-10-16-11-14(13)21(19,20)18-12-5-8-15(2,3)9-6-12/h7,10-12,18H,4-6,8-9H2,1-3H3,(H,16,17). The van der Waals surface area contributed by atoms with Crippen LogP contribution < -0.4 is 10.0 Å². The van der Waals surface area contributed by atoms with Crippen molar-refractivity contribution in [1.29, 1.82) is 0 Å². The van der Waals surface area contributed by atoms with Gasteiger partial charge in [-0.1, -0.05) is 13.8 Å². The average Bonchev–Trinajstić information content (AvgIpc) is 2.42. The molecule has 21 heavy (non-hydrogen) atoms. The molecule has 0 aliphatic heterocycles. The van der Waals surface area contributed by atoms with Crippen LogP contribution in [0.5, 0.6) is 0 Å². The van der Waals surface area contributed by atoms with Gasteiger partial charge in [0.25, 0.3) is 0 Å². The number of rotatable bonds is 5. The minimum Gasteiger partial charge on any atom is -0.384 e. The zero-order chi connectivity index (χ0) is 15.5. The SMILES string of the molecule is CCNc1ccncc1S(=O)(=O)NC1CCC(C)(C)CC1. The van der Waals surface area contributed by atoms with Gasteiger partial charge in [0, 0.05) is 25.0 Å². The third-order valence-electron chi connectivity index (χ3n) is 4.10. The lowest BCUT2D eigenvalue weighted by molar-refractivity contribution is 0.218. The second-order valence-electron chi connectivity index (χ2n) is 6.46. The normalized spacial score (nSPS) is 19.4. The van der Waals surface area contributed by atoms with Gasteiger partial charge in [0.05, 0.1) is 5.69 Å². The van der Waals surface area contributed by atoms with Gasteiger partial charge in [-0.05, 0) is 44.1 Å². The maximum Gasteiger partial charge on any atom is 0.244 e. The summed E-state index contributed by atoms with van der Waals surface area (Å²) in [5.41, 5.74) is 0.932. The fourth-order valence-electron chi connectivity index (χ4n) is 2.73. The Bertz CT molecular complexity index is 574. The predicted molar refractivity (Wildman–Crippen MR) is 84.8 cm³/mol. The molecule has 1 heterocycles. The molecule has 2 rings (SSSR count). The number of hydrogen-bond acceptors (Lipinski definition) is 4. The Balaban J connectivity index is 2.12. The van der Waals surface area contributed by atoms with Crippen LogP contribution in [0.1, 0.15) is 46.5 Å². The minimum atomic E-state index is -3.53. The number of aromatic nitrogens is 1. The smallest absolute Gasteiger partial charge is 0.244 e. The van der Waals surface area contributed by atoms with E-state index in [4.69, 9.17) is 0 Å². The first-order valence-corrected chi connectivity index (χ1v) is 9.02. The Kier molecular flexibility index (Phi) is 4.88. The van der Waals surface area contributed by atoms with E-state index in [1.807, 2.05) is 6.92 Å². The molecule has 1 aromatic rings. The predicted octanol–water partition coefficient (Wildman–Crippen LogP) is 2.76. The Morgan fingerprint density at radius 3 is 2.62 bits per heavy atom. The average molecular weight is 311 g/mol. The van der Waals surface area contributed by atoms with E-state index in [-0.39, 0.29) is 10.9 Å². The monoisotopic (exact) mass is 311 g/mol. The first-order valence-electron chi connectivity index (χ1n) is 7.54. The van der Waals surface area contributed by atoms with Gasteiger partial charge in [-0.3, -0.25) is 4.98 Å². The van der Waals surface area contributed by atoms with Crippen molar-refractivity contribution in [2.45, 2.75) is 57.4 Å². The lowest BCUT2D eigenvalue weighted by atomic mass is 9.76. The van der Waals surface area contributed by atoms with Crippen LogP contribution in [0.2, 0.25) is 0 Å². The third kappa shape index (κ3) is 4.17. The van der Waals surface area contributed by atoms with E-state index in [9.17, 15) is 8.42 Å². The Labute approximate surface area is 127 Å². The maximum absolute atomic E-state index is 12.6. The van der Waals surface area contributed by atoms with Gasteiger partial charge in [-0.25, -0.2) is 13.1 Å². The van der Waals surface area contributed by atoms with Gasteiger partial charge in [0.1, 0.15) is 4.90 Å². The molecule has 0 aromatic carbocycles. The number of pyridine rings is 1. The molecule has 1 saturated carbocycles. The van der Waals surface area contributed by atoms with Crippen molar-refractivity contribution in [1.82, 2.24) is 9.71 Å². The van der Waals surface area contributed by atoms with E-state index in [2.05, 4.69) is 28.9 Å². The Hall–Kier alpha value is -1.14. The first-order chi connectivity index (χ1) is 9.84. The van der Waals surface area contributed by atoms with Crippen LogP contribution >= 0.6 is 0 Å². The van der Waals surface area contributed by atoms with E-state index in [0.717, 1.165) is 25.7 Å². The second kappa shape index (κ2) is 6.32. The van der Waals surface area contributed by atoms with E-state index in [1.54, 1.807) is 12.3 Å². The van der Waals surface area contributed by atoms with Crippen molar-refractivity contribution in [2.24, 2.45) is 5.41 Å². The summed E-state index contributed by atoms with van der Waals surface area (Å²) in [5.74, 6) is 0. The van der Waals surface area contributed by atoms with E-state index in [0.29, 0.717) is 17.6 Å².